The number of rotatable bonds is 8. The van der Waals surface area contributed by atoms with Gasteiger partial charge in [-0.3, -0.25) is 4.98 Å². The Kier molecular flexibility index (Phi) is 6.75. The maximum absolute atomic E-state index is 12.5. The van der Waals surface area contributed by atoms with Crippen molar-refractivity contribution in [2.24, 2.45) is 0 Å². The van der Waals surface area contributed by atoms with E-state index in [9.17, 15) is 13.5 Å². The minimum absolute atomic E-state index is 0.216. The number of aromatic nitrogens is 6. The van der Waals surface area contributed by atoms with Crippen molar-refractivity contribution in [3.63, 3.8) is 0 Å². The predicted octanol–water partition coefficient (Wildman–Crippen LogP) is 4.29. The highest BCUT2D eigenvalue weighted by Crippen LogP contribution is 2.34. The van der Waals surface area contributed by atoms with E-state index in [1.165, 1.54) is 12.4 Å². The van der Waals surface area contributed by atoms with Gasteiger partial charge in [0.25, 0.3) is 10.0 Å². The molecule has 2 saturated carbocycles. The van der Waals surface area contributed by atoms with Crippen LogP contribution in [-0.4, -0.2) is 59.5 Å². The Morgan fingerprint density at radius 2 is 1.77 bits per heavy atom. The van der Waals surface area contributed by atoms with Crippen LogP contribution >= 0.6 is 0 Å². The van der Waals surface area contributed by atoms with Crippen LogP contribution in [0.1, 0.15) is 51.0 Å². The van der Waals surface area contributed by atoms with Crippen molar-refractivity contribution in [2.45, 2.75) is 69.3 Å². The standard InChI is InChI=1S/C28H32N8O3S/c1-18-7-11-29-23(13-18)22-16-31-26(14-24(22)33-20-5-9-28(2,37)10-6-20)34-25-8-12-30-27(35-25)19-15-32-36(17-19)40(38,39)21-3-4-21/h7-8,11-17,20-21,37H,3-6,9-10H2,1-2H3,(H2,30,31,33,34,35). The lowest BCUT2D eigenvalue weighted by atomic mass is 9.83. The summed E-state index contributed by atoms with van der Waals surface area (Å²) >= 11 is 0. The molecular formula is C28H32N8O3S. The molecular weight excluding hydrogens is 528 g/mol. The first-order valence-electron chi connectivity index (χ1n) is 13.5. The van der Waals surface area contributed by atoms with Crippen LogP contribution in [0.15, 0.2) is 55.2 Å². The summed E-state index contributed by atoms with van der Waals surface area (Å²) in [5.74, 6) is 1.45. The summed E-state index contributed by atoms with van der Waals surface area (Å²) in [7, 11) is -3.47. The first-order valence-corrected chi connectivity index (χ1v) is 15.0. The molecule has 2 aliphatic carbocycles. The zero-order valence-corrected chi connectivity index (χ0v) is 23.3. The Bertz CT molecular complexity index is 1640. The summed E-state index contributed by atoms with van der Waals surface area (Å²) in [5.41, 5.74) is 3.60. The molecule has 0 amide bonds. The fourth-order valence-electron chi connectivity index (χ4n) is 4.91. The number of pyridine rings is 2. The molecule has 40 heavy (non-hydrogen) atoms. The van der Waals surface area contributed by atoms with Gasteiger partial charge < -0.3 is 15.7 Å². The van der Waals surface area contributed by atoms with Crippen molar-refractivity contribution in [1.82, 2.24) is 29.1 Å². The molecule has 0 unspecified atom stereocenters. The molecule has 6 rings (SSSR count). The number of aryl methyl sites for hydroxylation is 1. The number of nitrogens with one attached hydrogen (secondary N) is 2. The molecule has 0 saturated heterocycles. The van der Waals surface area contributed by atoms with Crippen LogP contribution in [0.25, 0.3) is 22.6 Å². The van der Waals surface area contributed by atoms with E-state index in [2.05, 4.69) is 35.7 Å². The second-order valence-corrected chi connectivity index (χ2v) is 13.1. The number of aliphatic hydroxyl groups is 1. The van der Waals surface area contributed by atoms with Gasteiger partial charge in [-0.2, -0.15) is 9.19 Å². The number of hydrogen-bond acceptors (Lipinski definition) is 10. The van der Waals surface area contributed by atoms with Gasteiger partial charge in [-0.1, -0.05) is 0 Å². The Morgan fingerprint density at radius 3 is 2.52 bits per heavy atom. The fraction of sp³-hybridized carbons (Fsp3) is 0.393. The van der Waals surface area contributed by atoms with Gasteiger partial charge in [0.1, 0.15) is 11.6 Å². The maximum atomic E-state index is 12.5. The summed E-state index contributed by atoms with van der Waals surface area (Å²) in [6.45, 7) is 3.93. The van der Waals surface area contributed by atoms with E-state index < -0.39 is 15.6 Å². The summed E-state index contributed by atoms with van der Waals surface area (Å²) < 4.78 is 26.1. The van der Waals surface area contributed by atoms with Crippen LogP contribution in [0.3, 0.4) is 0 Å². The molecule has 0 aliphatic heterocycles. The normalized spacial score (nSPS) is 21.2. The van der Waals surface area contributed by atoms with Crippen LogP contribution in [0, 0.1) is 6.92 Å². The third-order valence-electron chi connectivity index (χ3n) is 7.45. The fourth-order valence-corrected chi connectivity index (χ4v) is 6.39. The average molecular weight is 561 g/mol. The molecule has 0 radical (unpaired) electrons. The quantitative estimate of drug-likeness (QED) is 0.285. The third kappa shape index (κ3) is 5.68. The Labute approximate surface area is 233 Å². The van der Waals surface area contributed by atoms with E-state index in [0.717, 1.165) is 52.3 Å². The summed E-state index contributed by atoms with van der Waals surface area (Å²) in [6.07, 6.45) is 12.6. The molecule has 4 heterocycles. The lowest BCUT2D eigenvalue weighted by molar-refractivity contribution is 0.0196. The molecule has 12 heteroatoms. The molecule has 3 N–H and O–H groups in total. The van der Waals surface area contributed by atoms with Gasteiger partial charge in [-0.15, -0.1) is 0 Å². The van der Waals surface area contributed by atoms with E-state index >= 15 is 0 Å². The highest BCUT2D eigenvalue weighted by Gasteiger charge is 2.37. The minimum atomic E-state index is -3.47. The minimum Gasteiger partial charge on any atom is -0.390 e. The van der Waals surface area contributed by atoms with Crippen molar-refractivity contribution in [1.29, 1.82) is 0 Å². The van der Waals surface area contributed by atoms with Gasteiger partial charge in [-0.05, 0) is 76.1 Å². The number of nitrogens with zero attached hydrogens (tertiary/aromatic N) is 6. The van der Waals surface area contributed by atoms with Crippen LogP contribution in [0.4, 0.5) is 17.3 Å². The Hall–Kier alpha value is -3.90. The lowest BCUT2D eigenvalue weighted by Crippen LogP contribution is -2.35. The van der Waals surface area contributed by atoms with E-state index in [0.29, 0.717) is 35.9 Å². The summed E-state index contributed by atoms with van der Waals surface area (Å²) in [6, 6.07) is 7.87. The molecule has 0 spiro atoms. The zero-order chi connectivity index (χ0) is 27.9. The molecule has 0 atom stereocenters. The Balaban J connectivity index is 1.26. The van der Waals surface area contributed by atoms with Crippen LogP contribution in [-0.2, 0) is 10.0 Å². The molecule has 11 nitrogen and oxygen atoms in total. The zero-order valence-electron chi connectivity index (χ0n) is 22.4. The first kappa shape index (κ1) is 26.3. The van der Waals surface area contributed by atoms with Gasteiger partial charge in [0.2, 0.25) is 0 Å². The van der Waals surface area contributed by atoms with Gasteiger partial charge in [0.15, 0.2) is 5.82 Å². The second-order valence-electron chi connectivity index (χ2n) is 11.0. The molecule has 2 aliphatic rings. The van der Waals surface area contributed by atoms with Gasteiger partial charge in [0, 0.05) is 41.9 Å². The van der Waals surface area contributed by atoms with E-state index in [-0.39, 0.29) is 11.3 Å². The topological polar surface area (TPSA) is 148 Å². The lowest BCUT2D eigenvalue weighted by Gasteiger charge is -2.34. The van der Waals surface area contributed by atoms with Crippen LogP contribution in [0.5, 0.6) is 0 Å². The molecule has 2 fully saturated rings. The number of anilines is 3. The monoisotopic (exact) mass is 560 g/mol. The molecule has 4 aromatic heterocycles. The van der Waals surface area contributed by atoms with Gasteiger partial charge in [-0.25, -0.2) is 23.4 Å². The molecule has 0 aromatic carbocycles. The predicted molar refractivity (Wildman–Crippen MR) is 153 cm³/mol. The largest absolute Gasteiger partial charge is 0.390 e. The van der Waals surface area contributed by atoms with Crippen molar-refractivity contribution >= 4 is 27.3 Å². The highest BCUT2D eigenvalue weighted by molar-refractivity contribution is 7.90. The summed E-state index contributed by atoms with van der Waals surface area (Å²) in [5, 5.41) is 21.0. The SMILES string of the molecule is Cc1ccnc(-c2cnc(Nc3ccnc(-c4cnn(S(=O)(=O)C5CC5)c4)n3)cc2NC2CCC(C)(O)CC2)c1. The smallest absolute Gasteiger partial charge is 0.256 e. The van der Waals surface area contributed by atoms with Crippen molar-refractivity contribution in [3.8, 4) is 22.6 Å². The van der Waals surface area contributed by atoms with Crippen LogP contribution in [0.2, 0.25) is 0 Å². The van der Waals surface area contributed by atoms with Gasteiger partial charge >= 0.3 is 0 Å². The van der Waals surface area contributed by atoms with Crippen molar-refractivity contribution in [3.05, 3.63) is 60.8 Å². The molecule has 208 valence electrons. The van der Waals surface area contributed by atoms with Crippen molar-refractivity contribution < 1.29 is 13.5 Å². The van der Waals surface area contributed by atoms with Crippen molar-refractivity contribution in [2.75, 3.05) is 10.6 Å². The van der Waals surface area contributed by atoms with E-state index in [4.69, 9.17) is 0 Å². The average Bonchev–Trinajstić information content (AvgIpc) is 3.67. The highest BCUT2D eigenvalue weighted by atomic mass is 32.2. The molecule has 0 bridgehead atoms. The van der Waals surface area contributed by atoms with E-state index in [1.807, 2.05) is 32.0 Å². The Morgan fingerprint density at radius 1 is 1.00 bits per heavy atom. The molecule has 4 aromatic rings. The van der Waals surface area contributed by atoms with Gasteiger partial charge in [0.05, 0.1) is 34.5 Å². The second kappa shape index (κ2) is 10.3. The first-order chi connectivity index (χ1) is 19.2. The number of hydrogen-bond donors (Lipinski definition) is 3. The summed E-state index contributed by atoms with van der Waals surface area (Å²) in [4.78, 5) is 18.1. The maximum Gasteiger partial charge on any atom is 0.256 e. The third-order valence-corrected chi connectivity index (χ3v) is 9.49. The van der Waals surface area contributed by atoms with Crippen LogP contribution < -0.4 is 10.6 Å². The van der Waals surface area contributed by atoms with E-state index in [1.54, 1.807) is 24.7 Å².